The Kier molecular flexibility index (Phi) is 4.00. The number of benzene rings is 2. The highest BCUT2D eigenvalue weighted by molar-refractivity contribution is 5.89. The first-order valence-electron chi connectivity index (χ1n) is 9.59. The van der Waals surface area contributed by atoms with Gasteiger partial charge in [-0.2, -0.15) is 5.26 Å². The zero-order chi connectivity index (χ0) is 19.1. The van der Waals surface area contributed by atoms with Crippen LogP contribution in [0.4, 0.5) is 5.82 Å². The highest BCUT2D eigenvalue weighted by atomic mass is 15.3. The summed E-state index contributed by atoms with van der Waals surface area (Å²) in [6, 6.07) is 22.9. The van der Waals surface area contributed by atoms with Crippen molar-refractivity contribution in [2.75, 3.05) is 38.1 Å². The predicted octanol–water partition coefficient (Wildman–Crippen LogP) is 3.78. The molecule has 5 rings (SSSR count). The largest absolute Gasteiger partial charge is 0.355 e. The van der Waals surface area contributed by atoms with E-state index in [9.17, 15) is 5.26 Å². The number of hydrogen-bond acceptors (Lipinski definition) is 4. The number of nitrogens with zero attached hydrogens (tertiary/aromatic N) is 5. The van der Waals surface area contributed by atoms with Crippen LogP contribution < -0.4 is 4.90 Å². The van der Waals surface area contributed by atoms with Crippen molar-refractivity contribution in [1.29, 1.82) is 5.26 Å². The summed E-state index contributed by atoms with van der Waals surface area (Å²) >= 11 is 0. The Morgan fingerprint density at radius 3 is 2.39 bits per heavy atom. The molecule has 1 saturated heterocycles. The Bertz CT molecular complexity index is 1190. The lowest BCUT2D eigenvalue weighted by molar-refractivity contribution is 0.312. The van der Waals surface area contributed by atoms with Crippen LogP contribution in [0.1, 0.15) is 5.56 Å². The normalized spacial score (nSPS) is 15.2. The molecule has 0 N–H and O–H groups in total. The fourth-order valence-electron chi connectivity index (χ4n) is 4.04. The molecule has 3 heterocycles. The number of fused-ring (bicyclic) bond motifs is 3. The van der Waals surface area contributed by atoms with Gasteiger partial charge in [0.1, 0.15) is 17.5 Å². The minimum atomic E-state index is 0.625. The first-order chi connectivity index (χ1) is 13.8. The number of aromatic nitrogens is 2. The molecule has 1 aliphatic rings. The number of hydrogen-bond donors (Lipinski definition) is 0. The average Bonchev–Trinajstić information content (AvgIpc) is 3.13. The van der Waals surface area contributed by atoms with Crippen LogP contribution in [0, 0.1) is 11.3 Å². The van der Waals surface area contributed by atoms with Gasteiger partial charge in [0, 0.05) is 31.7 Å². The number of anilines is 1. The molecule has 0 amide bonds. The van der Waals surface area contributed by atoms with Crippen LogP contribution in [0.3, 0.4) is 0 Å². The summed E-state index contributed by atoms with van der Waals surface area (Å²) in [5, 5.41) is 10.0. The van der Waals surface area contributed by atoms with Crippen LogP contribution in [0.25, 0.3) is 27.8 Å². The van der Waals surface area contributed by atoms with Crippen molar-refractivity contribution in [2.45, 2.75) is 0 Å². The summed E-state index contributed by atoms with van der Waals surface area (Å²) in [7, 11) is 2.16. The molecule has 4 aromatic rings. The fraction of sp³-hybridized carbons (Fsp3) is 0.217. The smallest absolute Gasteiger partial charge is 0.158 e. The van der Waals surface area contributed by atoms with Crippen molar-refractivity contribution >= 4 is 22.5 Å². The van der Waals surface area contributed by atoms with Crippen LogP contribution >= 0.6 is 0 Å². The summed E-state index contributed by atoms with van der Waals surface area (Å²) in [5.74, 6) is 1.11. The van der Waals surface area contributed by atoms with E-state index in [1.807, 2.05) is 36.4 Å². The molecule has 2 aromatic carbocycles. The maximum atomic E-state index is 10.0. The maximum Gasteiger partial charge on any atom is 0.158 e. The van der Waals surface area contributed by atoms with E-state index in [0.29, 0.717) is 5.56 Å². The molecule has 1 fully saturated rings. The topological polar surface area (TPSA) is 47.6 Å². The molecule has 1 aliphatic heterocycles. The van der Waals surface area contributed by atoms with Crippen LogP contribution in [0.15, 0.2) is 60.7 Å². The summed E-state index contributed by atoms with van der Waals surface area (Å²) in [4.78, 5) is 9.61. The van der Waals surface area contributed by atoms with E-state index in [4.69, 9.17) is 4.98 Å². The third-order valence-corrected chi connectivity index (χ3v) is 5.58. The summed E-state index contributed by atoms with van der Waals surface area (Å²) in [6.45, 7) is 3.96. The van der Waals surface area contributed by atoms with Crippen molar-refractivity contribution in [1.82, 2.24) is 14.3 Å². The molecular formula is C23H21N5. The van der Waals surface area contributed by atoms with E-state index in [1.54, 1.807) is 0 Å². The van der Waals surface area contributed by atoms with Gasteiger partial charge in [0.05, 0.1) is 11.0 Å². The summed E-state index contributed by atoms with van der Waals surface area (Å²) in [5.41, 5.74) is 5.31. The molecule has 138 valence electrons. The Balaban J connectivity index is 1.85. The molecule has 5 heteroatoms. The van der Waals surface area contributed by atoms with Crippen molar-refractivity contribution in [3.63, 3.8) is 0 Å². The van der Waals surface area contributed by atoms with Crippen LogP contribution in [0.2, 0.25) is 0 Å². The van der Waals surface area contributed by atoms with Crippen molar-refractivity contribution in [3.05, 3.63) is 66.2 Å². The van der Waals surface area contributed by atoms with Gasteiger partial charge in [0.2, 0.25) is 0 Å². The highest BCUT2D eigenvalue weighted by Gasteiger charge is 2.23. The van der Waals surface area contributed by atoms with Gasteiger partial charge in [0.15, 0.2) is 5.65 Å². The van der Waals surface area contributed by atoms with E-state index >= 15 is 0 Å². The standard InChI is InChI=1S/C23H21N5/c1-26-11-13-27(14-12-26)22-15-18(17-7-3-2-4-8-17)19(16-24)23-25-20-9-5-6-10-21(20)28(22)23/h2-10,15H,11-14H2,1H3. The van der Waals surface area contributed by atoms with Crippen LogP contribution in [0.5, 0.6) is 0 Å². The van der Waals surface area contributed by atoms with Gasteiger partial charge in [-0.15, -0.1) is 0 Å². The molecule has 0 spiro atoms. The van der Waals surface area contributed by atoms with E-state index in [1.165, 1.54) is 0 Å². The lowest BCUT2D eigenvalue weighted by Gasteiger charge is -2.34. The van der Waals surface area contributed by atoms with Gasteiger partial charge in [0.25, 0.3) is 0 Å². The molecule has 0 aliphatic carbocycles. The Labute approximate surface area is 164 Å². The van der Waals surface area contributed by atoms with E-state index in [0.717, 1.165) is 59.8 Å². The minimum Gasteiger partial charge on any atom is -0.355 e. The van der Waals surface area contributed by atoms with E-state index < -0.39 is 0 Å². The van der Waals surface area contributed by atoms with Crippen molar-refractivity contribution in [3.8, 4) is 17.2 Å². The quantitative estimate of drug-likeness (QED) is 0.541. The van der Waals surface area contributed by atoms with E-state index in [2.05, 4.69) is 51.6 Å². The van der Waals surface area contributed by atoms with Gasteiger partial charge in [-0.3, -0.25) is 4.40 Å². The Morgan fingerprint density at radius 1 is 0.929 bits per heavy atom. The average molecular weight is 367 g/mol. The molecule has 28 heavy (non-hydrogen) atoms. The van der Waals surface area contributed by atoms with Gasteiger partial charge >= 0.3 is 0 Å². The SMILES string of the molecule is CN1CCN(c2cc(-c3ccccc3)c(C#N)c3nc4ccccc4n23)CC1. The zero-order valence-electron chi connectivity index (χ0n) is 15.8. The Morgan fingerprint density at radius 2 is 1.64 bits per heavy atom. The molecule has 0 unspecified atom stereocenters. The molecule has 0 bridgehead atoms. The summed E-state index contributed by atoms with van der Waals surface area (Å²) < 4.78 is 2.16. The lowest BCUT2D eigenvalue weighted by atomic mass is 10.0. The first kappa shape index (κ1) is 16.8. The third-order valence-electron chi connectivity index (χ3n) is 5.58. The second-order valence-electron chi connectivity index (χ2n) is 7.32. The van der Waals surface area contributed by atoms with Gasteiger partial charge < -0.3 is 9.80 Å². The molecular weight excluding hydrogens is 346 g/mol. The summed E-state index contributed by atoms with van der Waals surface area (Å²) in [6.07, 6.45) is 0. The number of imidazole rings is 1. The van der Waals surface area contributed by atoms with Crippen LogP contribution in [-0.4, -0.2) is 47.5 Å². The number of pyridine rings is 1. The predicted molar refractivity (Wildman–Crippen MR) is 113 cm³/mol. The maximum absolute atomic E-state index is 10.0. The zero-order valence-corrected chi connectivity index (χ0v) is 15.8. The first-order valence-corrected chi connectivity index (χ1v) is 9.59. The van der Waals surface area contributed by atoms with Crippen molar-refractivity contribution in [2.24, 2.45) is 0 Å². The fourth-order valence-corrected chi connectivity index (χ4v) is 4.04. The van der Waals surface area contributed by atoms with Gasteiger partial charge in [-0.1, -0.05) is 42.5 Å². The third kappa shape index (κ3) is 2.62. The number of likely N-dealkylation sites (N-methyl/N-ethyl adjacent to an activating group) is 1. The minimum absolute atomic E-state index is 0.625. The molecule has 2 aromatic heterocycles. The molecule has 0 saturated carbocycles. The van der Waals surface area contributed by atoms with Crippen LogP contribution in [-0.2, 0) is 0 Å². The second-order valence-corrected chi connectivity index (χ2v) is 7.32. The lowest BCUT2D eigenvalue weighted by Crippen LogP contribution is -2.45. The number of para-hydroxylation sites is 2. The second kappa shape index (κ2) is 6.66. The van der Waals surface area contributed by atoms with Crippen molar-refractivity contribution < 1.29 is 0 Å². The Hall–Kier alpha value is -3.36. The number of rotatable bonds is 2. The molecule has 5 nitrogen and oxygen atoms in total. The van der Waals surface area contributed by atoms with Gasteiger partial charge in [-0.25, -0.2) is 4.98 Å². The van der Waals surface area contributed by atoms with Gasteiger partial charge in [-0.05, 0) is 30.8 Å². The van der Waals surface area contributed by atoms with E-state index in [-0.39, 0.29) is 0 Å². The number of nitriles is 1. The highest BCUT2D eigenvalue weighted by Crippen LogP contribution is 2.34. The molecule has 0 radical (unpaired) electrons. The number of piperazine rings is 1. The monoisotopic (exact) mass is 367 g/mol. The molecule has 0 atom stereocenters.